The Balaban J connectivity index is 2.89. The summed E-state index contributed by atoms with van der Waals surface area (Å²) in [4.78, 5) is 25.5. The standard InChI is InChI=1S/C10H18N2O3/c1-11-6-3-4-10(5-7-11,9(14)15)12(2)8-13/h8H,3-7H2,1-2H3,(H,14,15). The molecule has 0 radical (unpaired) electrons. The molecule has 1 unspecified atom stereocenters. The van der Waals surface area contributed by atoms with Gasteiger partial charge >= 0.3 is 5.97 Å². The Bertz CT molecular complexity index is 257. The van der Waals surface area contributed by atoms with E-state index in [4.69, 9.17) is 0 Å². The summed E-state index contributed by atoms with van der Waals surface area (Å²) in [7, 11) is 3.52. The second-order valence-corrected chi connectivity index (χ2v) is 4.21. The molecule has 1 N–H and O–H groups in total. The summed E-state index contributed by atoms with van der Waals surface area (Å²) in [5.74, 6) is -0.896. The van der Waals surface area contributed by atoms with E-state index in [9.17, 15) is 14.7 Å². The molecule has 1 saturated heterocycles. The van der Waals surface area contributed by atoms with Crippen LogP contribution >= 0.6 is 0 Å². The first-order chi connectivity index (χ1) is 7.03. The van der Waals surface area contributed by atoms with Crippen LogP contribution in [0.3, 0.4) is 0 Å². The molecule has 5 heteroatoms. The maximum absolute atomic E-state index is 11.3. The Morgan fingerprint density at radius 1 is 1.47 bits per heavy atom. The minimum absolute atomic E-state index is 0.494. The average molecular weight is 214 g/mol. The number of amides is 1. The van der Waals surface area contributed by atoms with Gasteiger partial charge in [-0.3, -0.25) is 4.79 Å². The molecule has 1 aliphatic rings. The molecule has 0 aliphatic carbocycles. The lowest BCUT2D eigenvalue weighted by Gasteiger charge is -2.34. The van der Waals surface area contributed by atoms with Crippen molar-refractivity contribution in [2.45, 2.75) is 24.8 Å². The van der Waals surface area contributed by atoms with Crippen molar-refractivity contribution in [1.29, 1.82) is 0 Å². The molecular weight excluding hydrogens is 196 g/mol. The van der Waals surface area contributed by atoms with E-state index in [2.05, 4.69) is 4.90 Å². The van der Waals surface area contributed by atoms with Crippen molar-refractivity contribution >= 4 is 12.4 Å². The number of likely N-dealkylation sites (N-methyl/N-ethyl adjacent to an activating group) is 1. The molecule has 1 amide bonds. The van der Waals surface area contributed by atoms with Crippen LogP contribution in [0.25, 0.3) is 0 Å². The van der Waals surface area contributed by atoms with E-state index in [0.717, 1.165) is 13.0 Å². The highest BCUT2D eigenvalue weighted by molar-refractivity contribution is 5.81. The number of hydrogen-bond donors (Lipinski definition) is 1. The quantitative estimate of drug-likeness (QED) is 0.672. The zero-order valence-electron chi connectivity index (χ0n) is 9.27. The van der Waals surface area contributed by atoms with E-state index in [1.807, 2.05) is 7.05 Å². The van der Waals surface area contributed by atoms with E-state index < -0.39 is 11.5 Å². The zero-order chi connectivity index (χ0) is 11.5. The Morgan fingerprint density at radius 3 is 2.67 bits per heavy atom. The van der Waals surface area contributed by atoms with Gasteiger partial charge in [0, 0.05) is 13.6 Å². The van der Waals surface area contributed by atoms with Crippen molar-refractivity contribution in [2.75, 3.05) is 27.2 Å². The fourth-order valence-corrected chi connectivity index (χ4v) is 2.07. The zero-order valence-corrected chi connectivity index (χ0v) is 9.27. The largest absolute Gasteiger partial charge is 0.479 e. The molecule has 0 aromatic heterocycles. The summed E-state index contributed by atoms with van der Waals surface area (Å²) < 4.78 is 0. The molecule has 86 valence electrons. The molecule has 1 heterocycles. The van der Waals surface area contributed by atoms with E-state index in [-0.39, 0.29) is 0 Å². The number of hydrogen-bond acceptors (Lipinski definition) is 3. The molecule has 0 aromatic rings. The molecule has 1 atom stereocenters. The molecule has 1 aliphatic heterocycles. The average Bonchev–Trinajstić information content (AvgIpc) is 2.40. The fourth-order valence-electron chi connectivity index (χ4n) is 2.07. The van der Waals surface area contributed by atoms with Crippen LogP contribution in [0.4, 0.5) is 0 Å². The predicted octanol–water partition coefficient (Wildman–Crippen LogP) is 0.0137. The Morgan fingerprint density at radius 2 is 2.13 bits per heavy atom. The predicted molar refractivity (Wildman–Crippen MR) is 55.5 cm³/mol. The summed E-state index contributed by atoms with van der Waals surface area (Å²) in [5.41, 5.74) is -1.01. The highest BCUT2D eigenvalue weighted by Gasteiger charge is 2.42. The first kappa shape index (κ1) is 12.0. The van der Waals surface area contributed by atoms with Gasteiger partial charge in [-0.15, -0.1) is 0 Å². The van der Waals surface area contributed by atoms with Crippen LogP contribution in [0.15, 0.2) is 0 Å². The minimum Gasteiger partial charge on any atom is -0.479 e. The number of carboxylic acids is 1. The highest BCUT2D eigenvalue weighted by Crippen LogP contribution is 2.27. The van der Waals surface area contributed by atoms with Crippen molar-refractivity contribution in [3.63, 3.8) is 0 Å². The molecule has 0 spiro atoms. The third kappa shape index (κ3) is 2.28. The Labute approximate surface area is 89.7 Å². The summed E-state index contributed by atoms with van der Waals surface area (Å²) in [6.07, 6.45) is 2.44. The van der Waals surface area contributed by atoms with Gasteiger partial charge in [-0.25, -0.2) is 4.79 Å². The number of carbonyl (C=O) groups is 2. The maximum atomic E-state index is 11.3. The second-order valence-electron chi connectivity index (χ2n) is 4.21. The third-order valence-electron chi connectivity index (χ3n) is 3.27. The summed E-state index contributed by atoms with van der Waals surface area (Å²) >= 11 is 0. The third-order valence-corrected chi connectivity index (χ3v) is 3.27. The van der Waals surface area contributed by atoms with Gasteiger partial charge in [0.2, 0.25) is 6.41 Å². The van der Waals surface area contributed by atoms with Gasteiger partial charge in [-0.05, 0) is 32.9 Å². The monoisotopic (exact) mass is 214 g/mol. The number of aliphatic carboxylic acids is 1. The first-order valence-electron chi connectivity index (χ1n) is 5.13. The van der Waals surface area contributed by atoms with Crippen molar-refractivity contribution < 1.29 is 14.7 Å². The van der Waals surface area contributed by atoms with Gasteiger partial charge in [0.1, 0.15) is 5.54 Å². The lowest BCUT2D eigenvalue weighted by molar-refractivity contribution is -0.154. The molecular formula is C10H18N2O3. The number of rotatable bonds is 3. The van der Waals surface area contributed by atoms with Gasteiger partial charge in [0.25, 0.3) is 0 Å². The van der Waals surface area contributed by atoms with E-state index >= 15 is 0 Å². The lowest BCUT2D eigenvalue weighted by Crippen LogP contribution is -2.52. The molecule has 0 saturated carbocycles. The van der Waals surface area contributed by atoms with E-state index in [1.165, 1.54) is 4.90 Å². The molecule has 0 bridgehead atoms. The van der Waals surface area contributed by atoms with Gasteiger partial charge in [-0.2, -0.15) is 0 Å². The number of carboxylic acid groups (broad SMARTS) is 1. The van der Waals surface area contributed by atoms with Crippen molar-refractivity contribution in [3.05, 3.63) is 0 Å². The minimum atomic E-state index is -1.01. The van der Waals surface area contributed by atoms with Crippen LogP contribution in [-0.4, -0.2) is 60.0 Å². The van der Waals surface area contributed by atoms with Gasteiger partial charge < -0.3 is 14.9 Å². The van der Waals surface area contributed by atoms with Crippen molar-refractivity contribution in [1.82, 2.24) is 9.80 Å². The summed E-state index contributed by atoms with van der Waals surface area (Å²) in [6, 6.07) is 0. The van der Waals surface area contributed by atoms with Gasteiger partial charge in [0.05, 0.1) is 0 Å². The normalized spacial score (nSPS) is 28.1. The number of likely N-dealkylation sites (tertiary alicyclic amines) is 1. The molecule has 0 aromatic carbocycles. The van der Waals surface area contributed by atoms with E-state index in [0.29, 0.717) is 25.8 Å². The second kappa shape index (κ2) is 4.61. The van der Waals surface area contributed by atoms with Crippen LogP contribution in [0, 0.1) is 0 Å². The van der Waals surface area contributed by atoms with Crippen LogP contribution in [0.1, 0.15) is 19.3 Å². The highest BCUT2D eigenvalue weighted by atomic mass is 16.4. The van der Waals surface area contributed by atoms with Crippen molar-refractivity contribution in [2.24, 2.45) is 0 Å². The van der Waals surface area contributed by atoms with Crippen LogP contribution < -0.4 is 0 Å². The SMILES string of the molecule is CN1CCCC(C(=O)O)(N(C)C=O)CC1. The van der Waals surface area contributed by atoms with Crippen LogP contribution in [0.5, 0.6) is 0 Å². The van der Waals surface area contributed by atoms with Crippen molar-refractivity contribution in [3.8, 4) is 0 Å². The lowest BCUT2D eigenvalue weighted by atomic mass is 9.89. The Hall–Kier alpha value is -1.10. The maximum Gasteiger partial charge on any atom is 0.329 e. The first-order valence-corrected chi connectivity index (χ1v) is 5.13. The topological polar surface area (TPSA) is 60.9 Å². The summed E-state index contributed by atoms with van der Waals surface area (Å²) in [6.45, 7) is 1.60. The van der Waals surface area contributed by atoms with Gasteiger partial charge in [-0.1, -0.05) is 0 Å². The smallest absolute Gasteiger partial charge is 0.329 e. The van der Waals surface area contributed by atoms with Crippen LogP contribution in [0.2, 0.25) is 0 Å². The molecule has 1 fully saturated rings. The fraction of sp³-hybridized carbons (Fsp3) is 0.800. The van der Waals surface area contributed by atoms with Crippen LogP contribution in [-0.2, 0) is 9.59 Å². The Kier molecular flexibility index (Phi) is 3.68. The van der Waals surface area contributed by atoms with Gasteiger partial charge in [0.15, 0.2) is 0 Å². The number of nitrogens with zero attached hydrogens (tertiary/aromatic N) is 2. The van der Waals surface area contributed by atoms with E-state index in [1.54, 1.807) is 7.05 Å². The number of carbonyl (C=O) groups excluding carboxylic acids is 1. The molecule has 15 heavy (non-hydrogen) atoms. The molecule has 5 nitrogen and oxygen atoms in total. The molecule has 1 rings (SSSR count). The summed E-state index contributed by atoms with van der Waals surface area (Å²) in [5, 5.41) is 9.28.